The van der Waals surface area contributed by atoms with E-state index in [-0.39, 0.29) is 5.69 Å². The first-order valence-corrected chi connectivity index (χ1v) is 6.65. The van der Waals surface area contributed by atoms with Gasteiger partial charge in [-0.15, -0.1) is 0 Å². The molecule has 1 aromatic heterocycles. The van der Waals surface area contributed by atoms with E-state index in [1.165, 1.54) is 12.1 Å². The van der Waals surface area contributed by atoms with E-state index in [1.807, 2.05) is 37.3 Å². The summed E-state index contributed by atoms with van der Waals surface area (Å²) in [7, 11) is 0. The van der Waals surface area contributed by atoms with Crippen molar-refractivity contribution < 1.29 is 4.92 Å². The van der Waals surface area contributed by atoms with Gasteiger partial charge in [0, 0.05) is 29.8 Å². The van der Waals surface area contributed by atoms with Gasteiger partial charge in [0.25, 0.3) is 5.69 Å². The number of aromatic nitrogens is 2. The molecule has 0 saturated carbocycles. The highest BCUT2D eigenvalue weighted by Crippen LogP contribution is 2.25. The number of rotatable bonds is 4. The zero-order valence-corrected chi connectivity index (χ0v) is 11.5. The Hall–Kier alpha value is -2.89. The fourth-order valence-electron chi connectivity index (χ4n) is 2.31. The van der Waals surface area contributed by atoms with Crippen LogP contribution in [0.25, 0.3) is 16.6 Å². The summed E-state index contributed by atoms with van der Waals surface area (Å²) in [4.78, 5) is 10.7. The predicted molar refractivity (Wildman–Crippen MR) is 81.9 cm³/mol. The minimum atomic E-state index is -0.393. The lowest BCUT2D eigenvalue weighted by molar-refractivity contribution is -0.384. The Kier molecular flexibility index (Phi) is 3.27. The van der Waals surface area contributed by atoms with Gasteiger partial charge in [0.15, 0.2) is 0 Å². The van der Waals surface area contributed by atoms with Crippen LogP contribution in [0.1, 0.15) is 6.92 Å². The van der Waals surface area contributed by atoms with Crippen LogP contribution in [0.15, 0.2) is 48.7 Å². The first kappa shape index (κ1) is 13.1. The molecule has 0 unspecified atom stereocenters. The average Bonchev–Trinajstić information content (AvgIpc) is 2.91. The second kappa shape index (κ2) is 5.24. The number of hydrogen-bond acceptors (Lipinski definition) is 4. The summed E-state index contributed by atoms with van der Waals surface area (Å²) in [5.74, 6) is 0. The zero-order valence-electron chi connectivity index (χ0n) is 11.5. The Morgan fingerprint density at radius 1 is 1.29 bits per heavy atom. The number of nitro groups is 1. The van der Waals surface area contributed by atoms with E-state index in [0.29, 0.717) is 17.9 Å². The predicted octanol–water partition coefficient (Wildman–Crippen LogP) is 3.37. The maximum Gasteiger partial charge on any atom is 0.273 e. The van der Waals surface area contributed by atoms with Gasteiger partial charge < -0.3 is 5.32 Å². The molecule has 3 aromatic rings. The van der Waals surface area contributed by atoms with Crippen LogP contribution in [0, 0.1) is 10.1 Å². The normalized spacial score (nSPS) is 10.7. The third-order valence-corrected chi connectivity index (χ3v) is 3.22. The van der Waals surface area contributed by atoms with Crippen LogP contribution < -0.4 is 5.32 Å². The van der Waals surface area contributed by atoms with Crippen molar-refractivity contribution in [2.24, 2.45) is 0 Å². The molecule has 0 aliphatic rings. The lowest BCUT2D eigenvalue weighted by atomic mass is 10.2. The monoisotopic (exact) mass is 282 g/mol. The van der Waals surface area contributed by atoms with Crippen molar-refractivity contribution in [1.82, 2.24) is 9.78 Å². The van der Waals surface area contributed by atoms with E-state index in [4.69, 9.17) is 0 Å². The van der Waals surface area contributed by atoms with Gasteiger partial charge in [0.2, 0.25) is 0 Å². The maximum absolute atomic E-state index is 11.1. The van der Waals surface area contributed by atoms with Gasteiger partial charge in [-0.2, -0.15) is 5.10 Å². The molecule has 2 aromatic carbocycles. The van der Waals surface area contributed by atoms with Gasteiger partial charge in [0.05, 0.1) is 22.3 Å². The standard InChI is InChI=1S/C15H14N4O2/c1-2-16-12-7-13(9-14(8-12)19(20)21)18-15-6-4-3-5-11(15)10-17-18/h3-10,16H,2H2,1H3. The summed E-state index contributed by atoms with van der Waals surface area (Å²) in [6.07, 6.45) is 1.75. The molecule has 1 N–H and O–H groups in total. The van der Waals surface area contributed by atoms with Crippen LogP contribution in [0.5, 0.6) is 0 Å². The van der Waals surface area contributed by atoms with Gasteiger partial charge in [0.1, 0.15) is 0 Å². The molecule has 0 bridgehead atoms. The fourth-order valence-corrected chi connectivity index (χ4v) is 2.31. The third-order valence-electron chi connectivity index (χ3n) is 3.22. The number of fused-ring (bicyclic) bond motifs is 1. The molecular weight excluding hydrogens is 268 g/mol. The average molecular weight is 282 g/mol. The van der Waals surface area contributed by atoms with Crippen molar-refractivity contribution in [2.75, 3.05) is 11.9 Å². The minimum absolute atomic E-state index is 0.0445. The Labute approximate surface area is 121 Å². The van der Waals surface area contributed by atoms with Crippen LogP contribution in [-0.4, -0.2) is 21.2 Å². The number of anilines is 1. The van der Waals surface area contributed by atoms with Gasteiger partial charge in [-0.3, -0.25) is 10.1 Å². The van der Waals surface area contributed by atoms with E-state index >= 15 is 0 Å². The van der Waals surface area contributed by atoms with E-state index < -0.39 is 4.92 Å². The van der Waals surface area contributed by atoms with E-state index in [1.54, 1.807) is 10.9 Å². The van der Waals surface area contributed by atoms with Crippen molar-refractivity contribution in [3.8, 4) is 5.69 Å². The van der Waals surface area contributed by atoms with Crippen LogP contribution in [0.2, 0.25) is 0 Å². The van der Waals surface area contributed by atoms with Crippen molar-refractivity contribution in [3.05, 3.63) is 58.8 Å². The number of nitrogens with zero attached hydrogens (tertiary/aromatic N) is 3. The van der Waals surface area contributed by atoms with Crippen molar-refractivity contribution in [1.29, 1.82) is 0 Å². The molecule has 3 rings (SSSR count). The number of benzene rings is 2. The van der Waals surface area contributed by atoms with Gasteiger partial charge in [-0.05, 0) is 19.1 Å². The Morgan fingerprint density at radius 2 is 2.10 bits per heavy atom. The molecule has 0 spiro atoms. The molecule has 106 valence electrons. The second-order valence-corrected chi connectivity index (χ2v) is 4.64. The highest BCUT2D eigenvalue weighted by molar-refractivity contribution is 5.80. The summed E-state index contributed by atoms with van der Waals surface area (Å²) in [6, 6.07) is 12.7. The minimum Gasteiger partial charge on any atom is -0.385 e. The number of nitro benzene ring substituents is 1. The van der Waals surface area contributed by atoms with E-state index in [2.05, 4.69) is 10.4 Å². The summed E-state index contributed by atoms with van der Waals surface area (Å²) in [6.45, 7) is 2.64. The highest BCUT2D eigenvalue weighted by Gasteiger charge is 2.12. The largest absolute Gasteiger partial charge is 0.385 e. The molecule has 6 heteroatoms. The number of non-ortho nitro benzene ring substituents is 1. The van der Waals surface area contributed by atoms with E-state index in [0.717, 1.165) is 10.9 Å². The van der Waals surface area contributed by atoms with Crippen LogP contribution in [-0.2, 0) is 0 Å². The molecule has 0 atom stereocenters. The van der Waals surface area contributed by atoms with Gasteiger partial charge in [-0.25, -0.2) is 4.68 Å². The topological polar surface area (TPSA) is 73.0 Å². The Morgan fingerprint density at radius 3 is 2.86 bits per heavy atom. The Balaban J connectivity index is 2.18. The summed E-state index contributed by atoms with van der Waals surface area (Å²) in [5.41, 5.74) is 2.34. The second-order valence-electron chi connectivity index (χ2n) is 4.64. The first-order valence-electron chi connectivity index (χ1n) is 6.65. The van der Waals surface area contributed by atoms with Gasteiger partial charge >= 0.3 is 0 Å². The van der Waals surface area contributed by atoms with Crippen molar-refractivity contribution in [2.45, 2.75) is 6.92 Å². The summed E-state index contributed by atoms with van der Waals surface area (Å²) in [5, 5.41) is 19.5. The molecule has 6 nitrogen and oxygen atoms in total. The number of para-hydroxylation sites is 1. The lowest BCUT2D eigenvalue weighted by Crippen LogP contribution is -2.02. The fraction of sp³-hybridized carbons (Fsp3) is 0.133. The molecule has 1 heterocycles. The van der Waals surface area contributed by atoms with Crippen molar-refractivity contribution in [3.63, 3.8) is 0 Å². The number of hydrogen-bond donors (Lipinski definition) is 1. The molecule has 0 aliphatic heterocycles. The third kappa shape index (κ3) is 2.43. The smallest absolute Gasteiger partial charge is 0.273 e. The van der Waals surface area contributed by atoms with Gasteiger partial charge in [-0.1, -0.05) is 18.2 Å². The molecule has 0 fully saturated rings. The maximum atomic E-state index is 11.1. The molecule has 0 aliphatic carbocycles. The quantitative estimate of drug-likeness (QED) is 0.588. The summed E-state index contributed by atoms with van der Waals surface area (Å²) < 4.78 is 1.71. The van der Waals surface area contributed by atoms with E-state index in [9.17, 15) is 10.1 Å². The molecule has 0 saturated heterocycles. The Bertz CT molecular complexity index is 810. The zero-order chi connectivity index (χ0) is 14.8. The number of nitrogens with one attached hydrogen (secondary N) is 1. The van der Waals surface area contributed by atoms with Crippen molar-refractivity contribution >= 4 is 22.3 Å². The van der Waals surface area contributed by atoms with Crippen LogP contribution in [0.3, 0.4) is 0 Å². The highest BCUT2D eigenvalue weighted by atomic mass is 16.6. The molecular formula is C15H14N4O2. The van der Waals surface area contributed by atoms with Crippen LogP contribution >= 0.6 is 0 Å². The molecule has 0 radical (unpaired) electrons. The first-order chi connectivity index (χ1) is 10.2. The SMILES string of the molecule is CCNc1cc(-n2ncc3ccccc32)cc([N+](=O)[O-])c1. The molecule has 21 heavy (non-hydrogen) atoms. The molecule has 0 amide bonds. The summed E-state index contributed by atoms with van der Waals surface area (Å²) >= 11 is 0. The lowest BCUT2D eigenvalue weighted by Gasteiger charge is -2.08. The van der Waals surface area contributed by atoms with Crippen LogP contribution in [0.4, 0.5) is 11.4 Å².